The average molecular weight is 379 g/mol. The predicted octanol–water partition coefficient (Wildman–Crippen LogP) is 3.12. The molecule has 0 N–H and O–H groups in total. The van der Waals surface area contributed by atoms with Crippen molar-refractivity contribution in [2.75, 3.05) is 20.1 Å². The first-order valence-electron chi connectivity index (χ1n) is 9.71. The van der Waals surface area contributed by atoms with Gasteiger partial charge in [-0.1, -0.05) is 25.1 Å². The highest BCUT2D eigenvalue weighted by molar-refractivity contribution is 7.89. The summed E-state index contributed by atoms with van der Waals surface area (Å²) >= 11 is 0. The lowest BCUT2D eigenvalue weighted by Gasteiger charge is -2.37. The van der Waals surface area contributed by atoms with Crippen molar-refractivity contribution in [1.82, 2.24) is 9.21 Å². The van der Waals surface area contributed by atoms with E-state index >= 15 is 0 Å². The van der Waals surface area contributed by atoms with Gasteiger partial charge in [0.05, 0.1) is 4.90 Å². The number of sulfonamides is 1. The minimum Gasteiger partial charge on any atom is -0.343 e. The number of nitrogens with zero attached hydrogens (tertiary/aromatic N) is 2. The van der Waals surface area contributed by atoms with Crippen molar-refractivity contribution in [3.8, 4) is 0 Å². The van der Waals surface area contributed by atoms with Gasteiger partial charge in [0.15, 0.2) is 0 Å². The summed E-state index contributed by atoms with van der Waals surface area (Å²) in [6, 6.07) is 8.90. The molecule has 1 amide bonds. The van der Waals surface area contributed by atoms with Crippen molar-refractivity contribution in [3.63, 3.8) is 0 Å². The standard InChI is InChI=1S/C20H30N2O3S/c1-16-8-10-18(11-9-16)21(2)20(23)17-12-14-22(15-13-17)26(24,25)19-6-4-3-5-7-19/h3-7,16-18H,8-15H2,1-2H3. The van der Waals surface area contributed by atoms with Crippen LogP contribution < -0.4 is 0 Å². The van der Waals surface area contributed by atoms with Crippen molar-refractivity contribution in [2.24, 2.45) is 11.8 Å². The maximum absolute atomic E-state index is 12.9. The molecule has 26 heavy (non-hydrogen) atoms. The maximum atomic E-state index is 12.9. The van der Waals surface area contributed by atoms with Gasteiger partial charge in [-0.05, 0) is 56.6 Å². The highest BCUT2D eigenvalue weighted by atomic mass is 32.2. The molecule has 0 atom stereocenters. The zero-order valence-corrected chi connectivity index (χ0v) is 16.6. The van der Waals surface area contributed by atoms with Gasteiger partial charge in [0, 0.05) is 32.1 Å². The highest BCUT2D eigenvalue weighted by Gasteiger charge is 2.35. The average Bonchev–Trinajstić information content (AvgIpc) is 2.68. The van der Waals surface area contributed by atoms with Crippen LogP contribution in [0.4, 0.5) is 0 Å². The molecule has 1 aromatic carbocycles. The Hall–Kier alpha value is -1.40. The number of rotatable bonds is 4. The van der Waals surface area contributed by atoms with Gasteiger partial charge in [0.2, 0.25) is 15.9 Å². The lowest BCUT2D eigenvalue weighted by Crippen LogP contribution is -2.46. The summed E-state index contributed by atoms with van der Waals surface area (Å²) in [4.78, 5) is 15.1. The van der Waals surface area contributed by atoms with E-state index in [1.165, 1.54) is 17.1 Å². The molecule has 3 rings (SSSR count). The van der Waals surface area contributed by atoms with Gasteiger partial charge in [-0.25, -0.2) is 8.42 Å². The number of hydrogen-bond acceptors (Lipinski definition) is 3. The Kier molecular flexibility index (Phi) is 6.03. The monoisotopic (exact) mass is 378 g/mol. The third-order valence-corrected chi connectivity index (χ3v) is 7.98. The Morgan fingerprint density at radius 3 is 2.15 bits per heavy atom. The molecule has 2 aliphatic rings. The van der Waals surface area contributed by atoms with Crippen LogP contribution in [0.2, 0.25) is 0 Å². The van der Waals surface area contributed by atoms with Crippen LogP contribution in [0.3, 0.4) is 0 Å². The van der Waals surface area contributed by atoms with E-state index in [1.54, 1.807) is 24.3 Å². The molecule has 1 aliphatic heterocycles. The summed E-state index contributed by atoms with van der Waals surface area (Å²) in [5, 5.41) is 0. The molecule has 144 valence electrons. The van der Waals surface area contributed by atoms with Crippen LogP contribution in [-0.2, 0) is 14.8 Å². The van der Waals surface area contributed by atoms with Crippen molar-refractivity contribution in [1.29, 1.82) is 0 Å². The van der Waals surface area contributed by atoms with E-state index in [-0.39, 0.29) is 11.8 Å². The lowest BCUT2D eigenvalue weighted by molar-refractivity contribution is -0.138. The molecule has 0 radical (unpaired) electrons. The second kappa shape index (κ2) is 8.09. The molecular weight excluding hydrogens is 348 g/mol. The van der Waals surface area contributed by atoms with Gasteiger partial charge in [-0.3, -0.25) is 4.79 Å². The smallest absolute Gasteiger partial charge is 0.243 e. The van der Waals surface area contributed by atoms with E-state index < -0.39 is 10.0 Å². The van der Waals surface area contributed by atoms with E-state index in [1.807, 2.05) is 18.0 Å². The Morgan fingerprint density at radius 1 is 1.00 bits per heavy atom. The number of carbonyl (C=O) groups excluding carboxylic acids is 1. The summed E-state index contributed by atoms with van der Waals surface area (Å²) in [6.45, 7) is 3.12. The molecule has 0 spiro atoms. The van der Waals surface area contributed by atoms with Crippen molar-refractivity contribution in [3.05, 3.63) is 30.3 Å². The summed E-state index contributed by atoms with van der Waals surface area (Å²) in [7, 11) is -1.52. The first-order valence-corrected chi connectivity index (χ1v) is 11.2. The second-order valence-electron chi connectivity index (χ2n) is 7.85. The Labute approximate surface area is 157 Å². The molecule has 1 heterocycles. The van der Waals surface area contributed by atoms with Crippen LogP contribution in [0.25, 0.3) is 0 Å². The number of benzene rings is 1. The second-order valence-corrected chi connectivity index (χ2v) is 9.79. The molecule has 2 fully saturated rings. The third kappa shape index (κ3) is 4.12. The Bertz CT molecular complexity index is 704. The van der Waals surface area contributed by atoms with Crippen LogP contribution >= 0.6 is 0 Å². The van der Waals surface area contributed by atoms with Crippen molar-refractivity contribution >= 4 is 15.9 Å². The fraction of sp³-hybridized carbons (Fsp3) is 0.650. The van der Waals surface area contributed by atoms with Crippen LogP contribution in [0, 0.1) is 11.8 Å². The van der Waals surface area contributed by atoms with E-state index in [9.17, 15) is 13.2 Å². The Morgan fingerprint density at radius 2 is 1.58 bits per heavy atom. The Balaban J connectivity index is 1.57. The van der Waals surface area contributed by atoms with Gasteiger partial charge in [-0.15, -0.1) is 0 Å². The predicted molar refractivity (Wildman–Crippen MR) is 102 cm³/mol. The normalized spacial score (nSPS) is 25.8. The molecule has 0 bridgehead atoms. The van der Waals surface area contributed by atoms with Crippen molar-refractivity contribution < 1.29 is 13.2 Å². The van der Waals surface area contributed by atoms with Crippen LogP contribution in [0.1, 0.15) is 45.4 Å². The minimum absolute atomic E-state index is 0.0541. The molecular formula is C20H30N2O3S. The van der Waals surface area contributed by atoms with Crippen molar-refractivity contribution in [2.45, 2.75) is 56.4 Å². The largest absolute Gasteiger partial charge is 0.343 e. The lowest BCUT2D eigenvalue weighted by atomic mass is 9.86. The van der Waals surface area contributed by atoms with E-state index in [4.69, 9.17) is 0 Å². The third-order valence-electron chi connectivity index (χ3n) is 6.06. The zero-order valence-electron chi connectivity index (χ0n) is 15.8. The maximum Gasteiger partial charge on any atom is 0.243 e. The SMILES string of the molecule is CC1CCC(N(C)C(=O)C2CCN(S(=O)(=O)c3ccccc3)CC2)CC1. The topological polar surface area (TPSA) is 57.7 Å². The number of piperidine rings is 1. The summed E-state index contributed by atoms with van der Waals surface area (Å²) in [5.41, 5.74) is 0. The molecule has 1 saturated heterocycles. The van der Waals surface area contributed by atoms with Gasteiger partial charge in [0.25, 0.3) is 0 Å². The summed E-state index contributed by atoms with van der Waals surface area (Å²) in [6.07, 6.45) is 5.78. The molecule has 1 aliphatic carbocycles. The fourth-order valence-corrected chi connectivity index (χ4v) is 5.67. The number of amides is 1. The first-order chi connectivity index (χ1) is 12.4. The number of hydrogen-bond donors (Lipinski definition) is 0. The van der Waals surface area contributed by atoms with Crippen LogP contribution in [0.5, 0.6) is 0 Å². The van der Waals surface area contributed by atoms with Crippen LogP contribution in [-0.4, -0.2) is 49.7 Å². The minimum atomic E-state index is -3.45. The molecule has 0 unspecified atom stereocenters. The number of carbonyl (C=O) groups is 1. The van der Waals surface area contributed by atoms with Gasteiger partial charge in [-0.2, -0.15) is 4.31 Å². The quantitative estimate of drug-likeness (QED) is 0.809. The molecule has 1 aromatic rings. The van der Waals surface area contributed by atoms with E-state index in [0.717, 1.165) is 18.8 Å². The molecule has 6 heteroatoms. The fourth-order valence-electron chi connectivity index (χ4n) is 4.18. The molecule has 1 saturated carbocycles. The zero-order chi connectivity index (χ0) is 18.7. The highest BCUT2D eigenvalue weighted by Crippen LogP contribution is 2.29. The van der Waals surface area contributed by atoms with Gasteiger partial charge >= 0.3 is 0 Å². The summed E-state index contributed by atoms with van der Waals surface area (Å²) in [5.74, 6) is 0.907. The van der Waals surface area contributed by atoms with E-state index in [0.29, 0.717) is 36.9 Å². The molecule has 5 nitrogen and oxygen atoms in total. The summed E-state index contributed by atoms with van der Waals surface area (Å²) < 4.78 is 26.9. The molecule has 0 aromatic heterocycles. The van der Waals surface area contributed by atoms with Crippen LogP contribution in [0.15, 0.2) is 35.2 Å². The van der Waals surface area contributed by atoms with Gasteiger partial charge < -0.3 is 4.90 Å². The first kappa shape index (κ1) is 19.4. The van der Waals surface area contributed by atoms with E-state index in [2.05, 4.69) is 6.92 Å². The van der Waals surface area contributed by atoms with Gasteiger partial charge in [0.1, 0.15) is 0 Å².